The Bertz CT molecular complexity index is 1330. The molecule has 0 bridgehead atoms. The molecule has 34 heavy (non-hydrogen) atoms. The number of aryl methyl sites for hydroxylation is 1. The second kappa shape index (κ2) is 9.35. The van der Waals surface area contributed by atoms with Crippen LogP contribution in [0.2, 0.25) is 0 Å². The van der Waals surface area contributed by atoms with E-state index in [0.717, 1.165) is 11.1 Å². The third-order valence-corrected chi connectivity index (χ3v) is 5.90. The fourth-order valence-electron chi connectivity index (χ4n) is 4.23. The highest BCUT2D eigenvalue weighted by molar-refractivity contribution is 5.92. The van der Waals surface area contributed by atoms with Gasteiger partial charge < -0.3 is 29.2 Å². The zero-order valence-electron chi connectivity index (χ0n) is 19.5. The molecule has 0 saturated heterocycles. The van der Waals surface area contributed by atoms with E-state index in [1.165, 1.54) is 7.11 Å². The van der Waals surface area contributed by atoms with Gasteiger partial charge in [-0.1, -0.05) is 36.4 Å². The first kappa shape index (κ1) is 23.0. The maximum Gasteiger partial charge on any atom is 0.340 e. The van der Waals surface area contributed by atoms with Crippen molar-refractivity contribution in [2.24, 2.45) is 5.73 Å². The van der Waals surface area contributed by atoms with Gasteiger partial charge in [-0.2, -0.15) is 0 Å². The van der Waals surface area contributed by atoms with Crippen molar-refractivity contribution in [1.29, 1.82) is 0 Å². The Balaban J connectivity index is 1.89. The van der Waals surface area contributed by atoms with Crippen molar-refractivity contribution in [2.75, 3.05) is 21.3 Å². The first-order chi connectivity index (χ1) is 16.4. The number of carbonyl (C=O) groups excluding carboxylic acids is 1. The summed E-state index contributed by atoms with van der Waals surface area (Å²) in [7, 11) is 4.40. The molecule has 0 spiro atoms. The molecule has 0 saturated carbocycles. The van der Waals surface area contributed by atoms with E-state index in [1.807, 2.05) is 49.4 Å². The number of esters is 1. The van der Waals surface area contributed by atoms with Crippen LogP contribution in [0.25, 0.3) is 0 Å². The molecule has 1 aromatic heterocycles. The normalized spacial score (nSPS) is 14.8. The Labute approximate surface area is 197 Å². The average Bonchev–Trinajstić information content (AvgIpc) is 2.85. The van der Waals surface area contributed by atoms with Gasteiger partial charge in [-0.3, -0.25) is 4.79 Å². The maximum atomic E-state index is 13.9. The first-order valence-corrected chi connectivity index (χ1v) is 10.7. The third-order valence-electron chi connectivity index (χ3n) is 5.90. The van der Waals surface area contributed by atoms with E-state index in [1.54, 1.807) is 30.9 Å². The number of hydrogen-bond acceptors (Lipinski definition) is 7. The van der Waals surface area contributed by atoms with Crippen molar-refractivity contribution in [1.82, 2.24) is 4.57 Å². The summed E-state index contributed by atoms with van der Waals surface area (Å²) in [6.07, 6.45) is 0. The van der Waals surface area contributed by atoms with E-state index in [-0.39, 0.29) is 23.6 Å². The van der Waals surface area contributed by atoms with Crippen molar-refractivity contribution in [3.8, 4) is 17.2 Å². The molecule has 1 atom stereocenters. The summed E-state index contributed by atoms with van der Waals surface area (Å²) >= 11 is 0. The number of ether oxygens (including phenoxy) is 4. The number of pyridine rings is 1. The minimum absolute atomic E-state index is 0.0790. The highest BCUT2D eigenvalue weighted by Crippen LogP contribution is 2.41. The molecule has 0 fully saturated rings. The van der Waals surface area contributed by atoms with E-state index < -0.39 is 11.9 Å². The topological polar surface area (TPSA) is 102 Å². The van der Waals surface area contributed by atoms with Crippen LogP contribution >= 0.6 is 0 Å². The predicted molar refractivity (Wildman–Crippen MR) is 126 cm³/mol. The molecular formula is C26H26N2O6. The summed E-state index contributed by atoms with van der Waals surface area (Å²) in [6, 6.07) is 16.5. The third kappa shape index (κ3) is 3.98. The number of carbonyl (C=O) groups is 1. The number of benzene rings is 2. The molecule has 0 amide bonds. The van der Waals surface area contributed by atoms with Crippen LogP contribution in [0.15, 0.2) is 70.8 Å². The van der Waals surface area contributed by atoms with Crippen molar-refractivity contribution in [2.45, 2.75) is 19.4 Å². The van der Waals surface area contributed by atoms with Crippen LogP contribution in [0.3, 0.4) is 0 Å². The molecule has 0 radical (unpaired) electrons. The van der Waals surface area contributed by atoms with Gasteiger partial charge in [-0.25, -0.2) is 4.79 Å². The molecule has 1 aliphatic rings. The summed E-state index contributed by atoms with van der Waals surface area (Å²) in [4.78, 5) is 26.6. The smallest absolute Gasteiger partial charge is 0.340 e. The van der Waals surface area contributed by atoms with Crippen LogP contribution in [0.1, 0.15) is 28.3 Å². The molecule has 4 rings (SSSR count). The maximum absolute atomic E-state index is 13.9. The van der Waals surface area contributed by atoms with E-state index in [4.69, 9.17) is 24.7 Å². The Morgan fingerprint density at radius 1 is 1.03 bits per heavy atom. The Kier molecular flexibility index (Phi) is 6.32. The monoisotopic (exact) mass is 462 g/mol. The zero-order chi connectivity index (χ0) is 24.4. The first-order valence-electron chi connectivity index (χ1n) is 10.7. The molecule has 176 valence electrons. The second-order valence-corrected chi connectivity index (χ2v) is 7.86. The molecule has 3 aromatic rings. The Hall–Kier alpha value is -4.20. The van der Waals surface area contributed by atoms with E-state index >= 15 is 0 Å². The van der Waals surface area contributed by atoms with Crippen LogP contribution in [0.5, 0.6) is 17.2 Å². The average molecular weight is 463 g/mol. The van der Waals surface area contributed by atoms with Crippen molar-refractivity contribution in [3.63, 3.8) is 0 Å². The van der Waals surface area contributed by atoms with Gasteiger partial charge in [0.15, 0.2) is 11.5 Å². The minimum atomic E-state index is -0.734. The number of nitrogens with two attached hydrogens (primary N) is 1. The molecule has 0 aliphatic carbocycles. The van der Waals surface area contributed by atoms with E-state index in [2.05, 4.69) is 0 Å². The van der Waals surface area contributed by atoms with Gasteiger partial charge in [0.2, 0.25) is 5.88 Å². The lowest BCUT2D eigenvalue weighted by atomic mass is 9.83. The van der Waals surface area contributed by atoms with Crippen LogP contribution in [-0.4, -0.2) is 31.9 Å². The number of nitrogens with zero attached hydrogens (tertiary/aromatic N) is 1. The quantitative estimate of drug-likeness (QED) is 0.562. The van der Waals surface area contributed by atoms with Gasteiger partial charge in [-0.05, 0) is 30.2 Å². The van der Waals surface area contributed by atoms with Gasteiger partial charge in [0.1, 0.15) is 11.3 Å². The van der Waals surface area contributed by atoms with Gasteiger partial charge in [-0.15, -0.1) is 0 Å². The number of fused-ring (bicyclic) bond motifs is 1. The van der Waals surface area contributed by atoms with Gasteiger partial charge >= 0.3 is 5.97 Å². The molecule has 1 aliphatic heterocycles. The summed E-state index contributed by atoms with van der Waals surface area (Å²) < 4.78 is 23.1. The number of hydrogen-bond donors (Lipinski definition) is 1. The Morgan fingerprint density at radius 3 is 2.38 bits per heavy atom. The van der Waals surface area contributed by atoms with E-state index in [0.29, 0.717) is 28.5 Å². The van der Waals surface area contributed by atoms with Crippen LogP contribution in [0, 0.1) is 6.92 Å². The summed E-state index contributed by atoms with van der Waals surface area (Å²) in [6.45, 7) is 2.10. The molecule has 2 heterocycles. The molecule has 8 nitrogen and oxygen atoms in total. The van der Waals surface area contributed by atoms with Crippen molar-refractivity contribution < 1.29 is 23.7 Å². The molecular weight excluding hydrogens is 436 g/mol. The van der Waals surface area contributed by atoms with Gasteiger partial charge in [0.25, 0.3) is 5.56 Å². The van der Waals surface area contributed by atoms with Crippen molar-refractivity contribution >= 4 is 5.97 Å². The van der Waals surface area contributed by atoms with Gasteiger partial charge in [0.05, 0.1) is 39.4 Å². The molecule has 2 N–H and O–H groups in total. The van der Waals surface area contributed by atoms with Crippen LogP contribution in [0.4, 0.5) is 0 Å². The fourth-order valence-corrected chi connectivity index (χ4v) is 4.23. The fraction of sp³-hybridized carbons (Fsp3) is 0.231. The number of aromatic nitrogens is 1. The lowest BCUT2D eigenvalue weighted by molar-refractivity contribution is -0.136. The highest BCUT2D eigenvalue weighted by Gasteiger charge is 2.38. The van der Waals surface area contributed by atoms with Crippen LogP contribution in [-0.2, 0) is 16.1 Å². The highest BCUT2D eigenvalue weighted by atomic mass is 16.5. The number of methoxy groups -OCH3 is 3. The van der Waals surface area contributed by atoms with Crippen molar-refractivity contribution in [3.05, 3.63) is 98.8 Å². The molecule has 1 unspecified atom stereocenters. The lowest BCUT2D eigenvalue weighted by Crippen LogP contribution is -2.35. The van der Waals surface area contributed by atoms with E-state index in [9.17, 15) is 9.59 Å². The van der Waals surface area contributed by atoms with Crippen LogP contribution < -0.4 is 25.5 Å². The lowest BCUT2D eigenvalue weighted by Gasteiger charge is -2.29. The number of rotatable bonds is 6. The molecule has 8 heteroatoms. The summed E-state index contributed by atoms with van der Waals surface area (Å²) in [5, 5.41) is 0. The second-order valence-electron chi connectivity index (χ2n) is 7.86. The van der Waals surface area contributed by atoms with Gasteiger partial charge in [0, 0.05) is 11.8 Å². The Morgan fingerprint density at radius 2 is 1.74 bits per heavy atom. The summed E-state index contributed by atoms with van der Waals surface area (Å²) in [5.41, 5.74) is 8.54. The molecule has 2 aromatic carbocycles. The SMILES string of the molecule is COC(=O)C1=C(N)Oc2cc(C)n(Cc3ccc(OC)c(OC)c3)c(=O)c2C1c1ccccc1. The predicted octanol–water partition coefficient (Wildman–Crippen LogP) is 3.09. The summed E-state index contributed by atoms with van der Waals surface area (Å²) in [5.74, 6) is 0.0276. The zero-order valence-corrected chi connectivity index (χ0v) is 19.5. The minimum Gasteiger partial charge on any atom is -0.493 e. The standard InChI is InChI=1S/C26H26N2O6/c1-15-12-20-22(25(29)28(15)14-16-10-11-18(31-2)19(13-16)32-3)21(17-8-6-5-7-9-17)23(24(27)34-20)26(30)33-4/h5-13,21H,14,27H2,1-4H3. The largest absolute Gasteiger partial charge is 0.493 e.